The average molecular weight is 518 g/mol. The van der Waals surface area contributed by atoms with E-state index in [0.29, 0.717) is 24.7 Å². The Bertz CT molecular complexity index is 1170. The number of hydrogen-bond donors (Lipinski definition) is 4. The molecule has 9 heteroatoms. The third-order valence-corrected chi connectivity index (χ3v) is 6.41. The number of carbonyl (C=O) groups excluding carboxylic acids is 2. The van der Waals surface area contributed by atoms with E-state index in [2.05, 4.69) is 57.3 Å². The zero-order valence-corrected chi connectivity index (χ0v) is 21.5. The van der Waals surface area contributed by atoms with E-state index in [1.807, 2.05) is 19.1 Å². The van der Waals surface area contributed by atoms with Gasteiger partial charge in [-0.15, -0.1) is 24.8 Å². The lowest BCUT2D eigenvalue weighted by Gasteiger charge is -2.31. The topological polar surface area (TPSA) is 109 Å². The number of hydrogen-bond acceptors (Lipinski definition) is 5. The molecule has 0 unspecified atom stereocenters. The van der Waals surface area contributed by atoms with Gasteiger partial charge in [-0.25, -0.2) is 4.98 Å². The van der Waals surface area contributed by atoms with Crippen molar-refractivity contribution in [2.45, 2.75) is 51.2 Å². The second-order valence-corrected chi connectivity index (χ2v) is 8.73. The molecule has 1 aliphatic rings. The lowest BCUT2D eigenvalue weighted by Crippen LogP contribution is -2.53. The molecule has 1 saturated heterocycles. The number of amides is 2. The molecule has 0 radical (unpaired) electrons. The van der Waals surface area contributed by atoms with E-state index in [9.17, 15) is 9.59 Å². The lowest BCUT2D eigenvalue weighted by molar-refractivity contribution is -0.130. The molecule has 1 fully saturated rings. The number of piperidine rings is 1. The summed E-state index contributed by atoms with van der Waals surface area (Å²) >= 11 is 0. The Morgan fingerprint density at radius 3 is 2.63 bits per heavy atom. The zero-order chi connectivity index (χ0) is 23.4. The minimum atomic E-state index is -0.640. The molecule has 188 valence electrons. The number of fused-ring (bicyclic) bond motifs is 1. The molecule has 0 saturated carbocycles. The maximum Gasteiger partial charge on any atom is 0.242 e. The largest absolute Gasteiger partial charge is 0.384 e. The molecule has 3 aromatic rings. The van der Waals surface area contributed by atoms with Crippen molar-refractivity contribution in [3.8, 4) is 0 Å². The molecule has 2 aromatic carbocycles. The zero-order valence-electron chi connectivity index (χ0n) is 19.9. The Morgan fingerprint density at radius 1 is 1.11 bits per heavy atom. The Kier molecular flexibility index (Phi) is 10.3. The molecule has 2 amide bonds. The first-order valence-corrected chi connectivity index (χ1v) is 11.4. The first-order valence-electron chi connectivity index (χ1n) is 11.4. The predicted molar refractivity (Wildman–Crippen MR) is 145 cm³/mol. The number of nitrogens with zero attached hydrogens (tertiary/aromatic N) is 1. The number of nitrogens with one attached hydrogen (secondary N) is 3. The number of benzene rings is 2. The van der Waals surface area contributed by atoms with Gasteiger partial charge in [0.05, 0.1) is 6.04 Å². The first kappa shape index (κ1) is 28.4. The third kappa shape index (κ3) is 6.84. The van der Waals surface area contributed by atoms with Crippen LogP contribution in [-0.2, 0) is 16.1 Å². The van der Waals surface area contributed by atoms with Crippen LogP contribution in [0, 0.1) is 6.92 Å². The van der Waals surface area contributed by atoms with Crippen LogP contribution in [0.2, 0.25) is 0 Å². The maximum absolute atomic E-state index is 12.9. The number of carbonyl (C=O) groups is 2. The third-order valence-electron chi connectivity index (χ3n) is 6.41. The van der Waals surface area contributed by atoms with E-state index in [4.69, 9.17) is 5.73 Å². The van der Waals surface area contributed by atoms with Crippen LogP contribution in [0.25, 0.3) is 10.8 Å². The molecule has 3 atom stereocenters. The monoisotopic (exact) mass is 517 g/mol. The molecule has 1 aromatic heterocycles. The quantitative estimate of drug-likeness (QED) is 0.399. The number of aromatic nitrogens is 1. The second kappa shape index (κ2) is 12.7. The van der Waals surface area contributed by atoms with Crippen LogP contribution in [0.3, 0.4) is 0 Å². The minimum Gasteiger partial charge on any atom is -0.384 e. The maximum atomic E-state index is 12.9. The van der Waals surface area contributed by atoms with Crippen LogP contribution >= 0.6 is 24.8 Å². The highest BCUT2D eigenvalue weighted by atomic mass is 35.5. The molecule has 4 rings (SSSR count). The fourth-order valence-electron chi connectivity index (χ4n) is 4.52. The van der Waals surface area contributed by atoms with E-state index in [0.717, 1.165) is 24.2 Å². The minimum absolute atomic E-state index is 0. The smallest absolute Gasteiger partial charge is 0.242 e. The highest BCUT2D eigenvalue weighted by Gasteiger charge is 2.30. The van der Waals surface area contributed by atoms with Gasteiger partial charge in [0.1, 0.15) is 11.9 Å². The van der Waals surface area contributed by atoms with Gasteiger partial charge in [0.15, 0.2) is 0 Å². The fourth-order valence-corrected chi connectivity index (χ4v) is 4.52. The van der Waals surface area contributed by atoms with Crippen LogP contribution in [-0.4, -0.2) is 35.4 Å². The van der Waals surface area contributed by atoms with Gasteiger partial charge in [0.25, 0.3) is 0 Å². The molecule has 1 aliphatic heterocycles. The Labute approximate surface area is 218 Å². The number of anilines is 1. The predicted octanol–water partition coefficient (Wildman–Crippen LogP) is 3.63. The van der Waals surface area contributed by atoms with E-state index in [-0.39, 0.29) is 42.7 Å². The average Bonchev–Trinajstić information content (AvgIpc) is 2.83. The summed E-state index contributed by atoms with van der Waals surface area (Å²) in [7, 11) is 0. The summed E-state index contributed by atoms with van der Waals surface area (Å²) in [5.74, 6) is 0.358. The number of rotatable bonds is 6. The number of nitrogen functional groups attached to an aromatic ring is 1. The SMILES string of the molecule is Cc1nc(N)ccc1CNC(=O)[C@H](C)NC(=O)[C@H]1C[C@@H](c2cccc3ccccc23)CCN1.Cl.Cl. The highest BCUT2D eigenvalue weighted by Crippen LogP contribution is 2.33. The summed E-state index contributed by atoms with van der Waals surface area (Å²) in [6, 6.07) is 17.3. The van der Waals surface area contributed by atoms with Gasteiger partial charge in [0.2, 0.25) is 11.8 Å². The molecule has 35 heavy (non-hydrogen) atoms. The van der Waals surface area contributed by atoms with Gasteiger partial charge < -0.3 is 21.7 Å². The Hall–Kier alpha value is -2.87. The van der Waals surface area contributed by atoms with Gasteiger partial charge in [-0.05, 0) is 67.1 Å². The number of halogens is 2. The van der Waals surface area contributed by atoms with Crippen LogP contribution in [0.5, 0.6) is 0 Å². The normalized spacial score (nSPS) is 18.0. The van der Waals surface area contributed by atoms with Gasteiger partial charge >= 0.3 is 0 Å². The van der Waals surface area contributed by atoms with Crippen molar-refractivity contribution in [1.29, 1.82) is 0 Å². The van der Waals surface area contributed by atoms with Crippen LogP contribution in [0.1, 0.15) is 42.5 Å². The molecular weight excluding hydrogens is 485 g/mol. The summed E-state index contributed by atoms with van der Waals surface area (Å²) in [6.07, 6.45) is 1.67. The van der Waals surface area contributed by atoms with Crippen molar-refractivity contribution in [3.63, 3.8) is 0 Å². The summed E-state index contributed by atoms with van der Waals surface area (Å²) in [5, 5.41) is 11.5. The van der Waals surface area contributed by atoms with Gasteiger partial charge in [-0.1, -0.05) is 48.5 Å². The number of pyridine rings is 1. The molecule has 2 heterocycles. The molecular formula is C26H33Cl2N5O2. The van der Waals surface area contributed by atoms with E-state index < -0.39 is 6.04 Å². The van der Waals surface area contributed by atoms with Gasteiger partial charge in [-0.2, -0.15) is 0 Å². The van der Waals surface area contributed by atoms with Crippen LogP contribution in [0.15, 0.2) is 54.6 Å². The van der Waals surface area contributed by atoms with Crippen molar-refractivity contribution in [2.24, 2.45) is 0 Å². The van der Waals surface area contributed by atoms with Gasteiger partial charge in [0, 0.05) is 12.2 Å². The first-order chi connectivity index (χ1) is 15.9. The fraction of sp³-hybridized carbons (Fsp3) is 0.346. The van der Waals surface area contributed by atoms with Crippen molar-refractivity contribution < 1.29 is 9.59 Å². The standard InChI is InChI=1S/C26H31N5O2.2ClH/c1-16-20(10-11-24(27)30-16)15-29-25(32)17(2)31-26(33)23-14-19(12-13-28-23)22-9-5-7-18-6-3-4-8-21(18)22;;/h3-11,17,19,23,28H,12-15H2,1-2H3,(H2,27,30)(H,29,32)(H,31,33);2*1H/t17-,19-,23+;;/m0../s1. The summed E-state index contributed by atoms with van der Waals surface area (Å²) in [4.78, 5) is 29.7. The second-order valence-electron chi connectivity index (χ2n) is 8.73. The van der Waals surface area contributed by atoms with Crippen LogP contribution in [0.4, 0.5) is 5.82 Å². The highest BCUT2D eigenvalue weighted by molar-refractivity contribution is 5.90. The van der Waals surface area contributed by atoms with Gasteiger partial charge in [-0.3, -0.25) is 9.59 Å². The van der Waals surface area contributed by atoms with Crippen molar-refractivity contribution in [2.75, 3.05) is 12.3 Å². The van der Waals surface area contributed by atoms with E-state index in [1.54, 1.807) is 13.0 Å². The lowest BCUT2D eigenvalue weighted by atomic mass is 9.83. The summed E-state index contributed by atoms with van der Waals surface area (Å²) in [6.45, 7) is 4.65. The molecule has 0 spiro atoms. The summed E-state index contributed by atoms with van der Waals surface area (Å²) in [5.41, 5.74) is 8.63. The Morgan fingerprint density at radius 2 is 1.86 bits per heavy atom. The van der Waals surface area contributed by atoms with E-state index in [1.165, 1.54) is 16.3 Å². The van der Waals surface area contributed by atoms with E-state index >= 15 is 0 Å². The van der Waals surface area contributed by atoms with Crippen molar-refractivity contribution in [1.82, 2.24) is 20.9 Å². The molecule has 5 N–H and O–H groups in total. The van der Waals surface area contributed by atoms with Crippen molar-refractivity contribution in [3.05, 3.63) is 71.4 Å². The summed E-state index contributed by atoms with van der Waals surface area (Å²) < 4.78 is 0. The Balaban J connectivity index is 0.00000216. The van der Waals surface area contributed by atoms with Crippen molar-refractivity contribution >= 4 is 53.2 Å². The molecule has 0 aliphatic carbocycles. The van der Waals surface area contributed by atoms with Crippen LogP contribution < -0.4 is 21.7 Å². The number of aryl methyl sites for hydroxylation is 1. The number of nitrogens with two attached hydrogens (primary N) is 1. The molecule has 0 bridgehead atoms. The molecule has 7 nitrogen and oxygen atoms in total.